The second-order valence-corrected chi connectivity index (χ2v) is 5.56. The lowest BCUT2D eigenvalue weighted by atomic mass is 10.2. The van der Waals surface area contributed by atoms with E-state index in [0.717, 1.165) is 25.0 Å². The van der Waals surface area contributed by atoms with Crippen molar-refractivity contribution in [3.05, 3.63) is 54.1 Å². The Hall–Kier alpha value is -2.49. The molecule has 0 heterocycles. The van der Waals surface area contributed by atoms with E-state index in [1.807, 2.05) is 48.5 Å². The predicted molar refractivity (Wildman–Crippen MR) is 96.8 cm³/mol. The molecule has 0 aliphatic rings. The Morgan fingerprint density at radius 2 is 1.79 bits per heavy atom. The van der Waals surface area contributed by atoms with E-state index < -0.39 is 0 Å². The van der Waals surface area contributed by atoms with Gasteiger partial charge in [0.2, 0.25) is 0 Å². The van der Waals surface area contributed by atoms with Crippen LogP contribution < -0.4 is 14.8 Å². The number of benzene rings is 2. The third-order valence-electron chi connectivity index (χ3n) is 3.59. The van der Waals surface area contributed by atoms with E-state index in [-0.39, 0.29) is 12.5 Å². The second-order valence-electron chi connectivity index (χ2n) is 5.56. The number of nitrogens with one attached hydrogen (secondary N) is 1. The van der Waals surface area contributed by atoms with Gasteiger partial charge in [0, 0.05) is 11.8 Å². The van der Waals surface area contributed by atoms with Crippen molar-refractivity contribution < 1.29 is 14.3 Å². The minimum Gasteiger partial charge on any atom is -0.494 e. The van der Waals surface area contributed by atoms with Crippen LogP contribution in [0, 0.1) is 0 Å². The highest BCUT2D eigenvalue weighted by Crippen LogP contribution is 2.18. The van der Waals surface area contributed by atoms with Gasteiger partial charge in [0.05, 0.1) is 6.61 Å². The monoisotopic (exact) mass is 327 g/mol. The summed E-state index contributed by atoms with van der Waals surface area (Å²) in [5.41, 5.74) is 1.95. The van der Waals surface area contributed by atoms with Crippen molar-refractivity contribution in [2.24, 2.45) is 0 Å². The minimum atomic E-state index is -0.194. The average molecular weight is 327 g/mol. The highest BCUT2D eigenvalue weighted by molar-refractivity contribution is 5.92. The van der Waals surface area contributed by atoms with Gasteiger partial charge < -0.3 is 14.8 Å². The van der Waals surface area contributed by atoms with Gasteiger partial charge in [-0.3, -0.25) is 4.79 Å². The zero-order chi connectivity index (χ0) is 17.2. The lowest BCUT2D eigenvalue weighted by molar-refractivity contribution is -0.118. The lowest BCUT2D eigenvalue weighted by Crippen LogP contribution is -2.20. The van der Waals surface area contributed by atoms with Crippen molar-refractivity contribution in [3.8, 4) is 11.5 Å². The SMILES string of the molecule is CCCCOc1cccc(NC(=O)COc2ccc(CC)cc2)c1. The van der Waals surface area contributed by atoms with Crippen LogP contribution in [0.25, 0.3) is 0 Å². The number of hydrogen-bond donors (Lipinski definition) is 1. The Balaban J connectivity index is 1.81. The molecule has 0 aromatic heterocycles. The molecular weight excluding hydrogens is 302 g/mol. The van der Waals surface area contributed by atoms with Gasteiger partial charge in [0.25, 0.3) is 5.91 Å². The van der Waals surface area contributed by atoms with Crippen LogP contribution in [0.2, 0.25) is 0 Å². The molecule has 4 nitrogen and oxygen atoms in total. The fraction of sp³-hybridized carbons (Fsp3) is 0.350. The third kappa shape index (κ3) is 5.95. The van der Waals surface area contributed by atoms with Crippen molar-refractivity contribution >= 4 is 11.6 Å². The molecule has 2 aromatic rings. The summed E-state index contributed by atoms with van der Waals surface area (Å²) in [7, 11) is 0. The number of aryl methyl sites for hydroxylation is 1. The van der Waals surface area contributed by atoms with Gasteiger partial charge in [-0.25, -0.2) is 0 Å². The quantitative estimate of drug-likeness (QED) is 0.692. The zero-order valence-electron chi connectivity index (χ0n) is 14.4. The van der Waals surface area contributed by atoms with Crippen LogP contribution in [0.15, 0.2) is 48.5 Å². The Bertz CT molecular complexity index is 638. The molecule has 0 radical (unpaired) electrons. The molecule has 0 bridgehead atoms. The molecule has 128 valence electrons. The first kappa shape index (κ1) is 17.9. The van der Waals surface area contributed by atoms with Crippen molar-refractivity contribution in [2.45, 2.75) is 33.1 Å². The molecule has 4 heteroatoms. The number of anilines is 1. The maximum Gasteiger partial charge on any atom is 0.262 e. The molecule has 2 rings (SSSR count). The number of carbonyl (C=O) groups is 1. The molecular formula is C20H25NO3. The molecule has 2 aromatic carbocycles. The fourth-order valence-corrected chi connectivity index (χ4v) is 2.17. The molecule has 0 saturated heterocycles. The average Bonchev–Trinajstić information content (AvgIpc) is 2.61. The largest absolute Gasteiger partial charge is 0.494 e. The number of hydrogen-bond acceptors (Lipinski definition) is 3. The zero-order valence-corrected chi connectivity index (χ0v) is 14.4. The summed E-state index contributed by atoms with van der Waals surface area (Å²) in [5.74, 6) is 1.26. The van der Waals surface area contributed by atoms with Crippen LogP contribution in [0.5, 0.6) is 11.5 Å². The Kier molecular flexibility index (Phi) is 7.15. The normalized spacial score (nSPS) is 10.2. The van der Waals surface area contributed by atoms with Crippen LogP contribution in [-0.2, 0) is 11.2 Å². The summed E-state index contributed by atoms with van der Waals surface area (Å²) in [6.45, 7) is 4.89. The first-order valence-corrected chi connectivity index (χ1v) is 8.45. The maximum absolute atomic E-state index is 12.0. The summed E-state index contributed by atoms with van der Waals surface area (Å²) in [6.07, 6.45) is 3.09. The Morgan fingerprint density at radius 3 is 2.50 bits per heavy atom. The van der Waals surface area contributed by atoms with E-state index in [9.17, 15) is 4.79 Å². The molecule has 0 spiro atoms. The number of amides is 1. The summed E-state index contributed by atoms with van der Waals surface area (Å²) in [5, 5.41) is 2.82. The van der Waals surface area contributed by atoms with Crippen molar-refractivity contribution in [3.63, 3.8) is 0 Å². The van der Waals surface area contributed by atoms with E-state index in [1.54, 1.807) is 0 Å². The summed E-state index contributed by atoms with van der Waals surface area (Å²) in [6, 6.07) is 15.2. The van der Waals surface area contributed by atoms with Crippen LogP contribution >= 0.6 is 0 Å². The van der Waals surface area contributed by atoms with Gasteiger partial charge >= 0.3 is 0 Å². The Labute approximate surface area is 143 Å². The summed E-state index contributed by atoms with van der Waals surface area (Å²) >= 11 is 0. The first-order chi connectivity index (χ1) is 11.7. The number of carbonyl (C=O) groups excluding carboxylic acids is 1. The molecule has 0 saturated carbocycles. The number of rotatable bonds is 9. The van der Waals surface area contributed by atoms with Crippen LogP contribution in [0.4, 0.5) is 5.69 Å². The van der Waals surface area contributed by atoms with E-state index in [2.05, 4.69) is 19.2 Å². The van der Waals surface area contributed by atoms with Gasteiger partial charge in [0.1, 0.15) is 11.5 Å². The van der Waals surface area contributed by atoms with Gasteiger partial charge in [-0.15, -0.1) is 0 Å². The number of ether oxygens (including phenoxy) is 2. The van der Waals surface area contributed by atoms with Gasteiger partial charge in [-0.05, 0) is 42.7 Å². The maximum atomic E-state index is 12.0. The highest BCUT2D eigenvalue weighted by Gasteiger charge is 2.05. The Morgan fingerprint density at radius 1 is 1.00 bits per heavy atom. The first-order valence-electron chi connectivity index (χ1n) is 8.45. The third-order valence-corrected chi connectivity index (χ3v) is 3.59. The van der Waals surface area contributed by atoms with E-state index >= 15 is 0 Å². The summed E-state index contributed by atoms with van der Waals surface area (Å²) in [4.78, 5) is 12.0. The minimum absolute atomic E-state index is 0.0214. The molecule has 1 amide bonds. The molecule has 0 aliphatic heterocycles. The van der Waals surface area contributed by atoms with E-state index in [4.69, 9.17) is 9.47 Å². The number of unbranched alkanes of at least 4 members (excludes halogenated alkanes) is 1. The van der Waals surface area contributed by atoms with Crippen molar-refractivity contribution in [1.82, 2.24) is 0 Å². The van der Waals surface area contributed by atoms with Gasteiger partial charge in [-0.2, -0.15) is 0 Å². The molecule has 0 atom stereocenters. The molecule has 0 fully saturated rings. The lowest BCUT2D eigenvalue weighted by Gasteiger charge is -2.10. The van der Waals surface area contributed by atoms with Crippen LogP contribution in [-0.4, -0.2) is 19.1 Å². The van der Waals surface area contributed by atoms with Crippen LogP contribution in [0.3, 0.4) is 0 Å². The van der Waals surface area contributed by atoms with Gasteiger partial charge in [0.15, 0.2) is 6.61 Å². The smallest absolute Gasteiger partial charge is 0.262 e. The standard InChI is InChI=1S/C20H25NO3/c1-3-5-13-23-19-8-6-7-17(14-19)21-20(22)15-24-18-11-9-16(4-2)10-12-18/h6-12,14H,3-5,13,15H2,1-2H3,(H,21,22). The summed E-state index contributed by atoms with van der Waals surface area (Å²) < 4.78 is 11.1. The van der Waals surface area contributed by atoms with E-state index in [0.29, 0.717) is 18.0 Å². The molecule has 0 aliphatic carbocycles. The van der Waals surface area contributed by atoms with E-state index in [1.165, 1.54) is 5.56 Å². The van der Waals surface area contributed by atoms with Crippen molar-refractivity contribution in [1.29, 1.82) is 0 Å². The molecule has 24 heavy (non-hydrogen) atoms. The highest BCUT2D eigenvalue weighted by atomic mass is 16.5. The fourth-order valence-electron chi connectivity index (χ4n) is 2.17. The van der Waals surface area contributed by atoms with Crippen molar-refractivity contribution in [2.75, 3.05) is 18.5 Å². The second kappa shape index (κ2) is 9.60. The topological polar surface area (TPSA) is 47.6 Å². The predicted octanol–water partition coefficient (Wildman–Crippen LogP) is 4.45. The molecule has 0 unspecified atom stereocenters. The molecule has 1 N–H and O–H groups in total. The van der Waals surface area contributed by atoms with Crippen LogP contribution in [0.1, 0.15) is 32.3 Å². The van der Waals surface area contributed by atoms with Gasteiger partial charge in [-0.1, -0.05) is 38.5 Å².